The first-order valence-electron chi connectivity index (χ1n) is 8.89. The van der Waals surface area contributed by atoms with Crippen LogP contribution in [0.2, 0.25) is 0 Å². The number of tetrazole rings is 1. The Kier molecular flexibility index (Phi) is 5.15. The van der Waals surface area contributed by atoms with Gasteiger partial charge in [-0.1, -0.05) is 19.1 Å². The number of hydrogen-bond acceptors (Lipinski definition) is 5. The van der Waals surface area contributed by atoms with E-state index in [1.165, 1.54) is 12.1 Å². The van der Waals surface area contributed by atoms with Crippen LogP contribution in [0.4, 0.5) is 4.39 Å². The largest absolute Gasteiger partial charge is 0.304 e. The maximum Gasteiger partial charge on any atom is 0.173 e. The molecule has 1 aliphatic heterocycles. The summed E-state index contributed by atoms with van der Waals surface area (Å²) in [5.74, 6) is 0.595. The van der Waals surface area contributed by atoms with Crippen molar-refractivity contribution in [2.75, 3.05) is 33.2 Å². The van der Waals surface area contributed by atoms with E-state index in [4.69, 9.17) is 0 Å². The Bertz CT molecular complexity index is 688. The van der Waals surface area contributed by atoms with Crippen LogP contribution in [0.5, 0.6) is 0 Å². The predicted octanol–water partition coefficient (Wildman–Crippen LogP) is 2.29. The number of aromatic nitrogens is 4. The van der Waals surface area contributed by atoms with Gasteiger partial charge in [0.2, 0.25) is 0 Å². The smallest absolute Gasteiger partial charge is 0.173 e. The van der Waals surface area contributed by atoms with Gasteiger partial charge in [0.15, 0.2) is 5.82 Å². The van der Waals surface area contributed by atoms with Crippen molar-refractivity contribution in [3.8, 4) is 0 Å². The molecule has 1 fully saturated rings. The average molecular weight is 346 g/mol. The molecule has 3 rings (SSSR count). The Hall–Kier alpha value is -1.86. The van der Waals surface area contributed by atoms with Crippen molar-refractivity contribution < 1.29 is 4.39 Å². The van der Waals surface area contributed by atoms with E-state index in [0.717, 1.165) is 44.0 Å². The van der Waals surface area contributed by atoms with Crippen molar-refractivity contribution in [2.24, 2.45) is 0 Å². The first kappa shape index (κ1) is 17.9. The maximum atomic E-state index is 13.4. The van der Waals surface area contributed by atoms with Crippen molar-refractivity contribution in [2.45, 2.75) is 38.8 Å². The Morgan fingerprint density at radius 1 is 1.12 bits per heavy atom. The number of likely N-dealkylation sites (N-methyl/N-ethyl adjacent to an activating group) is 1. The summed E-state index contributed by atoms with van der Waals surface area (Å²) in [6.45, 7) is 10.3. The van der Waals surface area contributed by atoms with Gasteiger partial charge in [0, 0.05) is 26.2 Å². The van der Waals surface area contributed by atoms with Crippen molar-refractivity contribution in [3.05, 3.63) is 41.5 Å². The van der Waals surface area contributed by atoms with Crippen molar-refractivity contribution in [3.63, 3.8) is 0 Å². The molecule has 1 aromatic heterocycles. The number of piperazine rings is 1. The minimum absolute atomic E-state index is 0.0740. The lowest BCUT2D eigenvalue weighted by Crippen LogP contribution is -2.47. The van der Waals surface area contributed by atoms with Gasteiger partial charge in [-0.25, -0.2) is 9.07 Å². The molecule has 1 aliphatic rings. The quantitative estimate of drug-likeness (QED) is 0.831. The second-order valence-corrected chi connectivity index (χ2v) is 7.41. The van der Waals surface area contributed by atoms with E-state index in [1.54, 1.807) is 0 Å². The molecule has 7 heteroatoms. The fourth-order valence-electron chi connectivity index (χ4n) is 3.19. The molecular formula is C18H27FN6. The minimum atomic E-state index is -0.227. The highest BCUT2D eigenvalue weighted by Crippen LogP contribution is 2.31. The van der Waals surface area contributed by atoms with E-state index < -0.39 is 0 Å². The summed E-state index contributed by atoms with van der Waals surface area (Å²) in [5.41, 5.74) is 0.845. The fourth-order valence-corrected chi connectivity index (χ4v) is 3.19. The molecule has 2 aromatic rings. The topological polar surface area (TPSA) is 50.1 Å². The monoisotopic (exact) mass is 346 g/mol. The Labute approximate surface area is 148 Å². The van der Waals surface area contributed by atoms with Crippen LogP contribution >= 0.6 is 0 Å². The summed E-state index contributed by atoms with van der Waals surface area (Å²) in [5, 5.41) is 12.6. The third-order valence-electron chi connectivity index (χ3n) is 5.27. The Morgan fingerprint density at radius 2 is 1.76 bits per heavy atom. The molecule has 1 unspecified atom stereocenters. The molecule has 25 heavy (non-hydrogen) atoms. The van der Waals surface area contributed by atoms with Crippen LogP contribution in [0, 0.1) is 5.82 Å². The highest BCUT2D eigenvalue weighted by atomic mass is 19.1. The maximum absolute atomic E-state index is 13.4. The van der Waals surface area contributed by atoms with Gasteiger partial charge in [-0.3, -0.25) is 4.90 Å². The Morgan fingerprint density at radius 3 is 2.36 bits per heavy atom. The minimum Gasteiger partial charge on any atom is -0.304 e. The van der Waals surface area contributed by atoms with Crippen molar-refractivity contribution in [1.29, 1.82) is 0 Å². The van der Waals surface area contributed by atoms with Gasteiger partial charge in [-0.05, 0) is 55.4 Å². The van der Waals surface area contributed by atoms with Crippen LogP contribution in [0.3, 0.4) is 0 Å². The van der Waals surface area contributed by atoms with Crippen LogP contribution in [-0.2, 0) is 5.54 Å². The second-order valence-electron chi connectivity index (χ2n) is 7.41. The zero-order chi connectivity index (χ0) is 18.0. The molecule has 0 N–H and O–H groups in total. The summed E-state index contributed by atoms with van der Waals surface area (Å²) < 4.78 is 15.4. The lowest BCUT2D eigenvalue weighted by molar-refractivity contribution is 0.117. The molecule has 1 saturated heterocycles. The van der Waals surface area contributed by atoms with Gasteiger partial charge in [-0.2, -0.15) is 0 Å². The van der Waals surface area contributed by atoms with Gasteiger partial charge in [0.25, 0.3) is 0 Å². The number of nitrogens with zero attached hydrogens (tertiary/aromatic N) is 6. The van der Waals surface area contributed by atoms with Gasteiger partial charge in [0.05, 0.1) is 11.6 Å². The molecule has 0 radical (unpaired) electrons. The highest BCUT2D eigenvalue weighted by molar-refractivity contribution is 5.26. The standard InChI is InChI=1S/C18H27FN6/c1-5-18(2,3)25-17(20-21-22-25)16(14-6-8-15(19)9-7-14)24-12-10-23(4)11-13-24/h6-9,16H,5,10-13H2,1-4H3. The molecule has 2 heterocycles. The lowest BCUT2D eigenvalue weighted by Gasteiger charge is -2.38. The van der Waals surface area contributed by atoms with Crippen molar-refractivity contribution in [1.82, 2.24) is 30.0 Å². The second kappa shape index (κ2) is 7.17. The summed E-state index contributed by atoms with van der Waals surface area (Å²) in [6.07, 6.45) is 0.921. The van der Waals surface area contributed by atoms with E-state index in [2.05, 4.69) is 53.1 Å². The zero-order valence-corrected chi connectivity index (χ0v) is 15.5. The van der Waals surface area contributed by atoms with Crippen LogP contribution < -0.4 is 0 Å². The fraction of sp³-hybridized carbons (Fsp3) is 0.611. The summed E-state index contributed by atoms with van der Waals surface area (Å²) in [7, 11) is 2.13. The predicted molar refractivity (Wildman–Crippen MR) is 94.7 cm³/mol. The normalized spacial score (nSPS) is 18.4. The number of benzene rings is 1. The van der Waals surface area contributed by atoms with Gasteiger partial charge >= 0.3 is 0 Å². The summed E-state index contributed by atoms with van der Waals surface area (Å²) >= 11 is 0. The number of hydrogen-bond donors (Lipinski definition) is 0. The molecule has 0 aliphatic carbocycles. The van der Waals surface area contributed by atoms with E-state index >= 15 is 0 Å². The van der Waals surface area contributed by atoms with Crippen LogP contribution in [-0.4, -0.2) is 63.2 Å². The first-order chi connectivity index (χ1) is 11.9. The van der Waals surface area contributed by atoms with Gasteiger partial charge in [-0.15, -0.1) is 5.10 Å². The van der Waals surface area contributed by atoms with Crippen LogP contribution in [0.15, 0.2) is 24.3 Å². The molecule has 1 aromatic carbocycles. The molecule has 0 spiro atoms. The van der Waals surface area contributed by atoms with Gasteiger partial charge < -0.3 is 4.90 Å². The van der Waals surface area contributed by atoms with E-state index in [-0.39, 0.29) is 17.4 Å². The summed E-state index contributed by atoms with van der Waals surface area (Å²) in [4.78, 5) is 4.71. The highest BCUT2D eigenvalue weighted by Gasteiger charge is 2.33. The molecule has 0 bridgehead atoms. The van der Waals surface area contributed by atoms with Crippen LogP contribution in [0.25, 0.3) is 0 Å². The SMILES string of the molecule is CCC(C)(C)n1nnnc1C(c1ccc(F)cc1)N1CCN(C)CC1. The zero-order valence-electron chi connectivity index (χ0n) is 15.5. The number of rotatable bonds is 5. The van der Waals surface area contributed by atoms with Crippen LogP contribution in [0.1, 0.15) is 44.6 Å². The molecule has 0 saturated carbocycles. The molecule has 136 valence electrons. The number of halogens is 1. The molecule has 6 nitrogen and oxygen atoms in total. The molecule has 1 atom stereocenters. The van der Waals surface area contributed by atoms with Gasteiger partial charge in [0.1, 0.15) is 5.82 Å². The molecular weight excluding hydrogens is 319 g/mol. The third kappa shape index (κ3) is 3.72. The summed E-state index contributed by atoms with van der Waals surface area (Å²) in [6, 6.07) is 6.64. The lowest BCUT2D eigenvalue weighted by atomic mass is 9.99. The van der Waals surface area contributed by atoms with E-state index in [9.17, 15) is 4.39 Å². The van der Waals surface area contributed by atoms with E-state index in [0.29, 0.717) is 0 Å². The Balaban J connectivity index is 2.03. The first-order valence-corrected chi connectivity index (χ1v) is 8.89. The molecule has 0 amide bonds. The van der Waals surface area contributed by atoms with Crippen molar-refractivity contribution >= 4 is 0 Å². The third-order valence-corrected chi connectivity index (χ3v) is 5.27. The average Bonchev–Trinajstić information content (AvgIpc) is 3.09. The van der Waals surface area contributed by atoms with E-state index in [1.807, 2.05) is 16.8 Å².